The van der Waals surface area contributed by atoms with Crippen molar-refractivity contribution >= 4 is 23.2 Å². The number of benzene rings is 2. The van der Waals surface area contributed by atoms with Gasteiger partial charge in [0.2, 0.25) is 5.91 Å². The number of amides is 2. The molecule has 3 rings (SSSR count). The summed E-state index contributed by atoms with van der Waals surface area (Å²) in [7, 11) is 0. The summed E-state index contributed by atoms with van der Waals surface area (Å²) in [5.74, 6) is 0.146. The molecule has 1 aliphatic rings. The Morgan fingerprint density at radius 2 is 2.07 bits per heavy atom. The zero-order chi connectivity index (χ0) is 19.9. The van der Waals surface area contributed by atoms with Crippen molar-refractivity contribution in [1.29, 1.82) is 5.26 Å². The Bertz CT molecular complexity index is 907. The molecule has 7 heteroatoms. The first-order valence-corrected chi connectivity index (χ1v) is 9.19. The molecule has 0 fully saturated rings. The number of fused-ring (bicyclic) bond motifs is 1. The van der Waals surface area contributed by atoms with Crippen LogP contribution < -0.4 is 20.3 Å². The van der Waals surface area contributed by atoms with Gasteiger partial charge in [-0.3, -0.25) is 9.59 Å². The van der Waals surface area contributed by atoms with E-state index in [0.717, 1.165) is 12.1 Å². The summed E-state index contributed by atoms with van der Waals surface area (Å²) in [5.41, 5.74) is 1.80. The highest BCUT2D eigenvalue weighted by atomic mass is 16.5. The Balaban J connectivity index is 1.72. The predicted molar refractivity (Wildman–Crippen MR) is 106 cm³/mol. The van der Waals surface area contributed by atoms with Crippen LogP contribution in [0.25, 0.3) is 0 Å². The van der Waals surface area contributed by atoms with E-state index in [4.69, 9.17) is 10.00 Å². The Hall–Kier alpha value is -3.53. The van der Waals surface area contributed by atoms with Gasteiger partial charge in [0, 0.05) is 12.2 Å². The van der Waals surface area contributed by atoms with Crippen LogP contribution in [0, 0.1) is 11.3 Å². The zero-order valence-electron chi connectivity index (χ0n) is 15.6. The summed E-state index contributed by atoms with van der Waals surface area (Å²) >= 11 is 0. The van der Waals surface area contributed by atoms with Gasteiger partial charge in [0.1, 0.15) is 5.75 Å². The molecular weight excluding hydrogens is 356 g/mol. The fourth-order valence-electron chi connectivity index (χ4n) is 3.00. The van der Waals surface area contributed by atoms with Crippen molar-refractivity contribution < 1.29 is 14.3 Å². The van der Waals surface area contributed by atoms with Crippen LogP contribution in [0.4, 0.5) is 11.4 Å². The minimum Gasteiger partial charge on any atom is -0.477 e. The average Bonchev–Trinajstić information content (AvgIpc) is 2.71. The van der Waals surface area contributed by atoms with Gasteiger partial charge in [0.25, 0.3) is 5.91 Å². The normalized spacial score (nSPS) is 15.0. The monoisotopic (exact) mass is 378 g/mol. The van der Waals surface area contributed by atoms with Crippen LogP contribution in [0.2, 0.25) is 0 Å². The summed E-state index contributed by atoms with van der Waals surface area (Å²) < 4.78 is 5.83. The van der Waals surface area contributed by atoms with Crippen LogP contribution in [0.15, 0.2) is 48.5 Å². The van der Waals surface area contributed by atoms with E-state index in [0.29, 0.717) is 23.5 Å². The Kier molecular flexibility index (Phi) is 6.12. The van der Waals surface area contributed by atoms with E-state index in [1.807, 2.05) is 36.1 Å². The second-order valence-corrected chi connectivity index (χ2v) is 6.49. The molecule has 0 spiro atoms. The summed E-state index contributed by atoms with van der Waals surface area (Å²) in [6, 6.07) is 16.1. The van der Waals surface area contributed by atoms with Crippen LogP contribution >= 0.6 is 0 Å². The van der Waals surface area contributed by atoms with Crippen LogP contribution in [-0.2, 0) is 9.59 Å². The molecule has 1 heterocycles. The lowest BCUT2D eigenvalue weighted by molar-refractivity contribution is -0.128. The van der Waals surface area contributed by atoms with Crippen molar-refractivity contribution in [3.63, 3.8) is 0 Å². The van der Waals surface area contributed by atoms with E-state index in [2.05, 4.69) is 10.6 Å². The first-order chi connectivity index (χ1) is 13.6. The first-order valence-electron chi connectivity index (χ1n) is 9.19. The van der Waals surface area contributed by atoms with E-state index in [1.54, 1.807) is 30.3 Å². The molecule has 2 aromatic carbocycles. The number of ether oxygens (including phenoxy) is 1. The van der Waals surface area contributed by atoms with Crippen LogP contribution in [0.5, 0.6) is 5.75 Å². The molecule has 0 saturated heterocycles. The van der Waals surface area contributed by atoms with Gasteiger partial charge in [0.05, 0.1) is 30.4 Å². The van der Waals surface area contributed by atoms with Gasteiger partial charge in [-0.2, -0.15) is 5.26 Å². The van der Waals surface area contributed by atoms with Crippen molar-refractivity contribution in [2.24, 2.45) is 0 Å². The second kappa shape index (κ2) is 8.91. The predicted octanol–water partition coefficient (Wildman–Crippen LogP) is 2.29. The lowest BCUT2D eigenvalue weighted by atomic mass is 10.1. The summed E-state index contributed by atoms with van der Waals surface area (Å²) in [5, 5.41) is 14.6. The maximum Gasteiger partial charge on any atom is 0.262 e. The number of hydrogen-bond acceptors (Lipinski definition) is 5. The molecule has 0 unspecified atom stereocenters. The summed E-state index contributed by atoms with van der Waals surface area (Å²) in [4.78, 5) is 26.8. The van der Waals surface area contributed by atoms with E-state index in [9.17, 15) is 9.59 Å². The number of para-hydroxylation sites is 2. The number of nitrogens with zero attached hydrogens (tertiary/aromatic N) is 2. The lowest BCUT2D eigenvalue weighted by Crippen LogP contribution is -2.50. The second-order valence-electron chi connectivity index (χ2n) is 6.49. The van der Waals surface area contributed by atoms with Gasteiger partial charge in [-0.05, 0) is 36.8 Å². The van der Waals surface area contributed by atoms with Gasteiger partial charge in [-0.25, -0.2) is 0 Å². The van der Waals surface area contributed by atoms with Crippen molar-refractivity contribution in [1.82, 2.24) is 5.32 Å². The smallest absolute Gasteiger partial charge is 0.262 e. The Morgan fingerprint density at radius 3 is 2.86 bits per heavy atom. The first kappa shape index (κ1) is 19.2. The fraction of sp³-hybridized carbons (Fsp3) is 0.286. The molecule has 0 aliphatic carbocycles. The van der Waals surface area contributed by atoms with Crippen LogP contribution in [-0.4, -0.2) is 37.6 Å². The topological polar surface area (TPSA) is 94.5 Å². The highest BCUT2D eigenvalue weighted by Crippen LogP contribution is 2.33. The summed E-state index contributed by atoms with van der Waals surface area (Å²) in [6.07, 6.45) is 0.152. The molecule has 2 amide bonds. The molecule has 0 bridgehead atoms. The zero-order valence-corrected chi connectivity index (χ0v) is 15.6. The van der Waals surface area contributed by atoms with Crippen molar-refractivity contribution in [2.75, 3.05) is 29.9 Å². The number of nitrogens with one attached hydrogen (secondary N) is 2. The Labute approximate surface area is 163 Å². The third kappa shape index (κ3) is 4.60. The molecule has 0 radical (unpaired) electrons. The lowest BCUT2D eigenvalue weighted by Gasteiger charge is -2.35. The molecule has 7 nitrogen and oxygen atoms in total. The largest absolute Gasteiger partial charge is 0.477 e. The number of carbonyl (C=O) groups excluding carboxylic acids is 2. The molecule has 2 aromatic rings. The van der Waals surface area contributed by atoms with Gasteiger partial charge in [-0.1, -0.05) is 25.1 Å². The minimum absolute atomic E-state index is 0.0642. The van der Waals surface area contributed by atoms with Crippen molar-refractivity contribution in [2.45, 2.75) is 19.4 Å². The maximum absolute atomic E-state index is 12.6. The molecule has 2 N–H and O–H groups in total. The minimum atomic E-state index is -0.684. The van der Waals surface area contributed by atoms with E-state index < -0.39 is 6.10 Å². The van der Waals surface area contributed by atoms with E-state index >= 15 is 0 Å². The van der Waals surface area contributed by atoms with Crippen LogP contribution in [0.3, 0.4) is 0 Å². The molecule has 0 aromatic heterocycles. The molecule has 28 heavy (non-hydrogen) atoms. The van der Waals surface area contributed by atoms with Gasteiger partial charge in [-0.15, -0.1) is 0 Å². The van der Waals surface area contributed by atoms with E-state index in [1.165, 1.54) is 0 Å². The Morgan fingerprint density at radius 1 is 1.25 bits per heavy atom. The van der Waals surface area contributed by atoms with Crippen LogP contribution in [0.1, 0.15) is 18.9 Å². The van der Waals surface area contributed by atoms with Crippen molar-refractivity contribution in [3.8, 4) is 11.8 Å². The molecule has 1 atom stereocenters. The number of rotatable bonds is 6. The number of anilines is 2. The highest BCUT2D eigenvalue weighted by molar-refractivity contribution is 5.95. The van der Waals surface area contributed by atoms with Crippen molar-refractivity contribution in [3.05, 3.63) is 54.1 Å². The third-order valence-electron chi connectivity index (χ3n) is 4.31. The standard InChI is InChI=1S/C21H22N4O3/c1-2-10-23-21(27)19-13-25(17-8-3-4-9-18(17)28-19)14-20(26)24-16-7-5-6-15(11-16)12-22/h3-9,11,19H,2,10,13-14H2,1H3,(H,23,27)(H,24,26)/t19-/m0/s1. The van der Waals surface area contributed by atoms with Gasteiger partial charge >= 0.3 is 0 Å². The molecular formula is C21H22N4O3. The number of nitriles is 1. The number of hydrogen-bond donors (Lipinski definition) is 2. The molecule has 144 valence electrons. The number of carbonyl (C=O) groups is 2. The highest BCUT2D eigenvalue weighted by Gasteiger charge is 2.31. The fourth-order valence-corrected chi connectivity index (χ4v) is 3.00. The van der Waals surface area contributed by atoms with Gasteiger partial charge < -0.3 is 20.3 Å². The third-order valence-corrected chi connectivity index (χ3v) is 4.31. The van der Waals surface area contributed by atoms with E-state index in [-0.39, 0.29) is 24.9 Å². The molecule has 1 aliphatic heterocycles. The molecule has 0 saturated carbocycles. The SMILES string of the molecule is CCCNC(=O)[C@@H]1CN(CC(=O)Nc2cccc(C#N)c2)c2ccccc2O1. The quantitative estimate of drug-likeness (QED) is 0.804. The van der Waals surface area contributed by atoms with Gasteiger partial charge in [0.15, 0.2) is 6.10 Å². The maximum atomic E-state index is 12.6. The average molecular weight is 378 g/mol. The summed E-state index contributed by atoms with van der Waals surface area (Å²) in [6.45, 7) is 2.90.